The molecule has 0 bridgehead atoms. The quantitative estimate of drug-likeness (QED) is 0.778. The standard InChI is InChI=1S/C17H11ClN4/c18-13-3-1-2-12(8-13)14-9-16(11-4-6-21-7-5-11)22-17(20)15(14)10-19/h1-9H,(H2,20,22). The van der Waals surface area contributed by atoms with Gasteiger partial charge in [0.05, 0.1) is 5.69 Å². The molecule has 2 aromatic heterocycles. The summed E-state index contributed by atoms with van der Waals surface area (Å²) in [4.78, 5) is 8.31. The highest BCUT2D eigenvalue weighted by atomic mass is 35.5. The molecule has 0 unspecified atom stereocenters. The number of pyridine rings is 2. The Morgan fingerprint density at radius 1 is 1.05 bits per heavy atom. The second kappa shape index (κ2) is 5.84. The van der Waals surface area contributed by atoms with Crippen LogP contribution in [0.2, 0.25) is 5.02 Å². The first kappa shape index (κ1) is 14.1. The number of nitrogen functional groups attached to an aromatic ring is 1. The Hall–Kier alpha value is -2.90. The summed E-state index contributed by atoms with van der Waals surface area (Å²) in [5.41, 5.74) is 9.42. The maximum absolute atomic E-state index is 9.38. The third-order valence-corrected chi connectivity index (χ3v) is 3.51. The molecule has 0 aliphatic heterocycles. The van der Waals surface area contributed by atoms with E-state index in [0.717, 1.165) is 11.1 Å². The molecule has 0 aliphatic carbocycles. The number of hydrogen-bond acceptors (Lipinski definition) is 4. The number of nitrogens with zero attached hydrogens (tertiary/aromatic N) is 3. The predicted octanol–water partition coefficient (Wildman–Crippen LogP) is 3.92. The van der Waals surface area contributed by atoms with Gasteiger partial charge in [-0.2, -0.15) is 5.26 Å². The number of anilines is 1. The van der Waals surface area contributed by atoms with Gasteiger partial charge < -0.3 is 5.73 Å². The topological polar surface area (TPSA) is 75.6 Å². The Balaban J connectivity index is 2.25. The zero-order chi connectivity index (χ0) is 15.5. The molecular weight excluding hydrogens is 296 g/mol. The molecule has 106 valence electrons. The van der Waals surface area contributed by atoms with Gasteiger partial charge >= 0.3 is 0 Å². The lowest BCUT2D eigenvalue weighted by Gasteiger charge is -2.10. The first-order valence-corrected chi connectivity index (χ1v) is 6.94. The lowest BCUT2D eigenvalue weighted by atomic mass is 9.99. The van der Waals surface area contributed by atoms with E-state index in [2.05, 4.69) is 16.0 Å². The summed E-state index contributed by atoms with van der Waals surface area (Å²) in [6, 6.07) is 15.0. The van der Waals surface area contributed by atoms with Crippen LogP contribution in [0.4, 0.5) is 5.82 Å². The summed E-state index contributed by atoms with van der Waals surface area (Å²) in [5.74, 6) is 0.201. The molecule has 0 aliphatic rings. The first-order chi connectivity index (χ1) is 10.7. The van der Waals surface area contributed by atoms with Crippen LogP contribution in [-0.2, 0) is 0 Å². The molecule has 1 aromatic carbocycles. The van der Waals surface area contributed by atoms with E-state index in [0.29, 0.717) is 21.8 Å². The van der Waals surface area contributed by atoms with Crippen molar-refractivity contribution in [2.24, 2.45) is 0 Å². The number of hydrogen-bond donors (Lipinski definition) is 1. The molecule has 0 radical (unpaired) electrons. The van der Waals surface area contributed by atoms with E-state index < -0.39 is 0 Å². The van der Waals surface area contributed by atoms with Crippen LogP contribution in [0.5, 0.6) is 0 Å². The van der Waals surface area contributed by atoms with Gasteiger partial charge in [0.25, 0.3) is 0 Å². The predicted molar refractivity (Wildman–Crippen MR) is 87.0 cm³/mol. The van der Waals surface area contributed by atoms with Crippen LogP contribution in [0.3, 0.4) is 0 Å². The van der Waals surface area contributed by atoms with Crippen molar-refractivity contribution in [2.45, 2.75) is 0 Å². The Morgan fingerprint density at radius 2 is 1.82 bits per heavy atom. The van der Waals surface area contributed by atoms with Gasteiger partial charge in [-0.25, -0.2) is 4.98 Å². The highest BCUT2D eigenvalue weighted by Crippen LogP contribution is 2.32. The van der Waals surface area contributed by atoms with Crippen LogP contribution in [0.1, 0.15) is 5.56 Å². The van der Waals surface area contributed by atoms with E-state index >= 15 is 0 Å². The number of benzene rings is 1. The number of nitriles is 1. The molecular formula is C17H11ClN4. The molecule has 3 rings (SSSR count). The number of rotatable bonds is 2. The van der Waals surface area contributed by atoms with Crippen molar-refractivity contribution in [2.75, 3.05) is 5.73 Å². The van der Waals surface area contributed by atoms with Crippen LogP contribution in [0.25, 0.3) is 22.4 Å². The van der Waals surface area contributed by atoms with E-state index in [1.807, 2.05) is 30.3 Å². The zero-order valence-corrected chi connectivity index (χ0v) is 12.2. The highest BCUT2D eigenvalue weighted by molar-refractivity contribution is 6.30. The number of nitrogens with two attached hydrogens (primary N) is 1. The maximum Gasteiger partial charge on any atom is 0.142 e. The first-order valence-electron chi connectivity index (χ1n) is 6.56. The monoisotopic (exact) mass is 306 g/mol. The fourth-order valence-corrected chi connectivity index (χ4v) is 2.43. The fourth-order valence-electron chi connectivity index (χ4n) is 2.24. The summed E-state index contributed by atoms with van der Waals surface area (Å²) in [6.45, 7) is 0. The highest BCUT2D eigenvalue weighted by Gasteiger charge is 2.13. The SMILES string of the molecule is N#Cc1c(-c2cccc(Cl)c2)cc(-c2ccncc2)nc1N. The van der Waals surface area contributed by atoms with E-state index in [4.69, 9.17) is 17.3 Å². The summed E-state index contributed by atoms with van der Waals surface area (Å²) < 4.78 is 0. The lowest BCUT2D eigenvalue weighted by molar-refractivity contribution is 1.28. The van der Waals surface area contributed by atoms with Gasteiger partial charge in [-0.05, 0) is 35.9 Å². The molecule has 0 atom stereocenters. The lowest BCUT2D eigenvalue weighted by Crippen LogP contribution is -1.99. The Bertz CT molecular complexity index is 870. The number of halogens is 1. The van der Waals surface area contributed by atoms with Gasteiger partial charge in [0.2, 0.25) is 0 Å². The van der Waals surface area contributed by atoms with E-state index in [-0.39, 0.29) is 5.82 Å². The van der Waals surface area contributed by atoms with Gasteiger partial charge in [-0.3, -0.25) is 4.98 Å². The molecule has 4 nitrogen and oxygen atoms in total. The molecule has 2 heterocycles. The van der Waals surface area contributed by atoms with Crippen molar-refractivity contribution >= 4 is 17.4 Å². The Labute approximate surface area is 132 Å². The van der Waals surface area contributed by atoms with Crippen molar-refractivity contribution in [3.05, 3.63) is 65.4 Å². The molecule has 22 heavy (non-hydrogen) atoms. The molecule has 0 fully saturated rings. The molecule has 5 heteroatoms. The van der Waals surface area contributed by atoms with Gasteiger partial charge in [0.1, 0.15) is 17.5 Å². The van der Waals surface area contributed by atoms with Crippen molar-refractivity contribution < 1.29 is 0 Å². The second-order valence-corrected chi connectivity index (χ2v) is 5.11. The van der Waals surface area contributed by atoms with E-state index in [1.165, 1.54) is 0 Å². The van der Waals surface area contributed by atoms with Crippen LogP contribution in [-0.4, -0.2) is 9.97 Å². The van der Waals surface area contributed by atoms with Gasteiger partial charge in [-0.15, -0.1) is 0 Å². The van der Waals surface area contributed by atoms with Crippen LogP contribution in [0, 0.1) is 11.3 Å². The third kappa shape index (κ3) is 2.62. The average molecular weight is 307 g/mol. The van der Waals surface area contributed by atoms with E-state index in [9.17, 15) is 5.26 Å². The van der Waals surface area contributed by atoms with Gasteiger partial charge in [-0.1, -0.05) is 23.7 Å². The van der Waals surface area contributed by atoms with Crippen molar-refractivity contribution in [3.63, 3.8) is 0 Å². The fraction of sp³-hybridized carbons (Fsp3) is 0. The smallest absolute Gasteiger partial charge is 0.142 e. The minimum Gasteiger partial charge on any atom is -0.383 e. The van der Waals surface area contributed by atoms with Crippen molar-refractivity contribution in [1.29, 1.82) is 5.26 Å². The third-order valence-electron chi connectivity index (χ3n) is 3.27. The van der Waals surface area contributed by atoms with Gasteiger partial charge in [0, 0.05) is 28.5 Å². The normalized spacial score (nSPS) is 10.2. The molecule has 0 saturated heterocycles. The summed E-state index contributed by atoms with van der Waals surface area (Å²) in [7, 11) is 0. The number of aromatic nitrogens is 2. The second-order valence-electron chi connectivity index (χ2n) is 4.67. The van der Waals surface area contributed by atoms with Crippen LogP contribution < -0.4 is 5.73 Å². The van der Waals surface area contributed by atoms with Crippen molar-refractivity contribution in [1.82, 2.24) is 9.97 Å². The largest absolute Gasteiger partial charge is 0.383 e. The van der Waals surface area contributed by atoms with Crippen LogP contribution in [0.15, 0.2) is 54.9 Å². The van der Waals surface area contributed by atoms with E-state index in [1.54, 1.807) is 24.5 Å². The molecule has 2 N–H and O–H groups in total. The van der Waals surface area contributed by atoms with Gasteiger partial charge in [0.15, 0.2) is 0 Å². The minimum absolute atomic E-state index is 0.201. The average Bonchev–Trinajstić information content (AvgIpc) is 2.55. The zero-order valence-electron chi connectivity index (χ0n) is 11.5. The maximum atomic E-state index is 9.38. The summed E-state index contributed by atoms with van der Waals surface area (Å²) >= 11 is 6.05. The minimum atomic E-state index is 0.201. The molecule has 3 aromatic rings. The summed E-state index contributed by atoms with van der Waals surface area (Å²) in [5, 5.41) is 9.98. The molecule has 0 saturated carbocycles. The molecule has 0 spiro atoms. The van der Waals surface area contributed by atoms with Crippen molar-refractivity contribution in [3.8, 4) is 28.5 Å². The molecule has 0 amide bonds. The Morgan fingerprint density at radius 3 is 2.50 bits per heavy atom. The summed E-state index contributed by atoms with van der Waals surface area (Å²) in [6.07, 6.45) is 3.37. The Kier molecular flexibility index (Phi) is 3.73. The van der Waals surface area contributed by atoms with Crippen LogP contribution >= 0.6 is 11.6 Å².